The number of hydrogen-bond donors (Lipinski definition) is 1. The standard InChI is InChI=1S/C14H21N3O5S/c1-5-22-12(19)10-11(9(2)18)23-13(15-10)16-14(20)17(3)7-6-8-21-4/h5-8H2,1-4H3,(H,15,16,20). The second-order valence-electron chi connectivity index (χ2n) is 4.67. The highest BCUT2D eigenvalue weighted by atomic mass is 32.1. The average molecular weight is 343 g/mol. The zero-order chi connectivity index (χ0) is 17.4. The van der Waals surface area contributed by atoms with Crippen LogP contribution in [0.15, 0.2) is 0 Å². The number of carbonyl (C=O) groups is 3. The van der Waals surface area contributed by atoms with Crippen molar-refractivity contribution in [2.75, 3.05) is 39.2 Å². The lowest BCUT2D eigenvalue weighted by molar-refractivity contribution is 0.0517. The van der Waals surface area contributed by atoms with Crippen molar-refractivity contribution in [3.63, 3.8) is 0 Å². The fraction of sp³-hybridized carbons (Fsp3) is 0.571. The number of amides is 2. The number of methoxy groups -OCH3 is 1. The van der Waals surface area contributed by atoms with Crippen LogP contribution in [0, 0.1) is 0 Å². The third-order valence-electron chi connectivity index (χ3n) is 2.82. The van der Waals surface area contributed by atoms with Crippen molar-refractivity contribution in [3.8, 4) is 0 Å². The first-order valence-electron chi connectivity index (χ1n) is 7.10. The van der Waals surface area contributed by atoms with Gasteiger partial charge in [0, 0.05) is 34.2 Å². The number of anilines is 1. The number of esters is 1. The van der Waals surface area contributed by atoms with Gasteiger partial charge in [0.1, 0.15) is 4.88 Å². The molecule has 1 rings (SSSR count). The van der Waals surface area contributed by atoms with Crippen molar-refractivity contribution < 1.29 is 23.9 Å². The third-order valence-corrected chi connectivity index (χ3v) is 3.89. The van der Waals surface area contributed by atoms with Crippen LogP contribution >= 0.6 is 11.3 Å². The van der Waals surface area contributed by atoms with E-state index in [1.807, 2.05) is 0 Å². The molecular weight excluding hydrogens is 322 g/mol. The second-order valence-corrected chi connectivity index (χ2v) is 5.67. The molecule has 0 aliphatic rings. The monoisotopic (exact) mass is 343 g/mol. The molecule has 0 fully saturated rings. The minimum atomic E-state index is -0.678. The fourth-order valence-corrected chi connectivity index (χ4v) is 2.52. The molecule has 2 amide bonds. The maximum absolute atomic E-state index is 12.0. The summed E-state index contributed by atoms with van der Waals surface area (Å²) in [5.74, 6) is -0.984. The maximum atomic E-state index is 12.0. The first-order valence-corrected chi connectivity index (χ1v) is 7.92. The van der Waals surface area contributed by atoms with E-state index in [-0.39, 0.29) is 34.1 Å². The number of nitrogens with one attached hydrogen (secondary N) is 1. The summed E-state index contributed by atoms with van der Waals surface area (Å²) in [5.41, 5.74) is -0.0679. The summed E-state index contributed by atoms with van der Waals surface area (Å²) in [4.78, 5) is 41.1. The molecular formula is C14H21N3O5S. The van der Waals surface area contributed by atoms with Gasteiger partial charge in [0.2, 0.25) is 0 Å². The Labute approximate surface area is 138 Å². The molecule has 0 unspecified atom stereocenters. The molecule has 0 saturated heterocycles. The zero-order valence-corrected chi connectivity index (χ0v) is 14.5. The first kappa shape index (κ1) is 19.0. The summed E-state index contributed by atoms with van der Waals surface area (Å²) < 4.78 is 9.79. The van der Waals surface area contributed by atoms with Crippen molar-refractivity contribution in [2.45, 2.75) is 20.3 Å². The van der Waals surface area contributed by atoms with Gasteiger partial charge in [0.15, 0.2) is 16.6 Å². The quantitative estimate of drug-likeness (QED) is 0.440. The van der Waals surface area contributed by atoms with Gasteiger partial charge < -0.3 is 14.4 Å². The Morgan fingerprint density at radius 3 is 2.61 bits per heavy atom. The largest absolute Gasteiger partial charge is 0.461 e. The van der Waals surface area contributed by atoms with Gasteiger partial charge in [-0.15, -0.1) is 0 Å². The van der Waals surface area contributed by atoms with Gasteiger partial charge in [-0.25, -0.2) is 14.6 Å². The minimum absolute atomic E-state index is 0.0679. The van der Waals surface area contributed by atoms with Crippen LogP contribution < -0.4 is 5.32 Å². The lowest BCUT2D eigenvalue weighted by atomic mass is 10.3. The van der Waals surface area contributed by atoms with Crippen molar-refractivity contribution in [3.05, 3.63) is 10.6 Å². The molecule has 0 saturated carbocycles. The molecule has 1 N–H and O–H groups in total. The topological polar surface area (TPSA) is 97.8 Å². The van der Waals surface area contributed by atoms with Crippen LogP contribution in [0.5, 0.6) is 0 Å². The molecule has 9 heteroatoms. The zero-order valence-electron chi connectivity index (χ0n) is 13.7. The van der Waals surface area contributed by atoms with Gasteiger partial charge in [-0.3, -0.25) is 10.1 Å². The number of nitrogens with zero attached hydrogens (tertiary/aromatic N) is 2. The first-order chi connectivity index (χ1) is 10.9. The molecule has 0 spiro atoms. The molecule has 1 aromatic rings. The molecule has 0 atom stereocenters. The van der Waals surface area contributed by atoms with Gasteiger partial charge in [0.25, 0.3) is 0 Å². The molecule has 0 aliphatic heterocycles. The molecule has 0 radical (unpaired) electrons. The Morgan fingerprint density at radius 1 is 1.35 bits per heavy atom. The van der Waals surface area contributed by atoms with Gasteiger partial charge in [-0.1, -0.05) is 11.3 Å². The highest BCUT2D eigenvalue weighted by molar-refractivity contribution is 7.18. The average Bonchev–Trinajstić information content (AvgIpc) is 2.91. The SMILES string of the molecule is CCOC(=O)c1nc(NC(=O)N(C)CCCOC)sc1C(C)=O. The summed E-state index contributed by atoms with van der Waals surface area (Å²) >= 11 is 0.951. The number of aromatic nitrogens is 1. The number of carbonyl (C=O) groups excluding carboxylic acids is 3. The van der Waals surface area contributed by atoms with Crippen LogP contribution in [0.1, 0.15) is 40.4 Å². The summed E-state index contributed by atoms with van der Waals surface area (Å²) in [6.07, 6.45) is 0.699. The Hall–Kier alpha value is -2.00. The van der Waals surface area contributed by atoms with Crippen LogP contribution in [0.2, 0.25) is 0 Å². The lowest BCUT2D eigenvalue weighted by Crippen LogP contribution is -2.32. The summed E-state index contributed by atoms with van der Waals surface area (Å²) in [6.45, 7) is 4.23. The number of urea groups is 1. The molecule has 128 valence electrons. The maximum Gasteiger partial charge on any atom is 0.358 e. The minimum Gasteiger partial charge on any atom is -0.461 e. The Kier molecular flexibility index (Phi) is 7.63. The molecule has 1 aromatic heterocycles. The highest BCUT2D eigenvalue weighted by Crippen LogP contribution is 2.24. The summed E-state index contributed by atoms with van der Waals surface area (Å²) in [6, 6.07) is -0.375. The van der Waals surface area contributed by atoms with E-state index in [4.69, 9.17) is 9.47 Å². The van der Waals surface area contributed by atoms with Crippen molar-refractivity contribution in [1.82, 2.24) is 9.88 Å². The van der Waals surface area contributed by atoms with Gasteiger partial charge in [0.05, 0.1) is 6.61 Å². The molecule has 0 bridgehead atoms. The molecule has 1 heterocycles. The predicted molar refractivity (Wildman–Crippen MR) is 86.2 cm³/mol. The van der Waals surface area contributed by atoms with Crippen molar-refractivity contribution in [1.29, 1.82) is 0 Å². The van der Waals surface area contributed by atoms with E-state index >= 15 is 0 Å². The molecule has 0 aliphatic carbocycles. The number of thiazole rings is 1. The molecule has 23 heavy (non-hydrogen) atoms. The Morgan fingerprint density at radius 2 is 2.04 bits per heavy atom. The lowest BCUT2D eigenvalue weighted by Gasteiger charge is -2.16. The Balaban J connectivity index is 2.80. The number of Topliss-reactive ketones (excluding diaryl/α,β-unsaturated/α-hetero) is 1. The van der Waals surface area contributed by atoms with Crippen LogP contribution in [0.3, 0.4) is 0 Å². The number of ether oxygens (including phenoxy) is 2. The molecule has 0 aromatic carbocycles. The van der Waals surface area contributed by atoms with E-state index in [1.165, 1.54) is 11.8 Å². The van der Waals surface area contributed by atoms with E-state index < -0.39 is 5.97 Å². The van der Waals surface area contributed by atoms with E-state index in [2.05, 4.69) is 10.3 Å². The van der Waals surface area contributed by atoms with Crippen LogP contribution in [0.25, 0.3) is 0 Å². The van der Waals surface area contributed by atoms with E-state index in [0.717, 1.165) is 11.3 Å². The third kappa shape index (κ3) is 5.61. The van der Waals surface area contributed by atoms with Crippen LogP contribution in [0.4, 0.5) is 9.93 Å². The Bertz CT molecular complexity index is 573. The van der Waals surface area contributed by atoms with E-state index in [0.29, 0.717) is 19.6 Å². The van der Waals surface area contributed by atoms with Crippen molar-refractivity contribution >= 4 is 34.3 Å². The summed E-state index contributed by atoms with van der Waals surface area (Å²) in [5, 5.41) is 2.76. The fourth-order valence-electron chi connectivity index (χ4n) is 1.68. The van der Waals surface area contributed by atoms with E-state index in [9.17, 15) is 14.4 Å². The van der Waals surface area contributed by atoms with Crippen molar-refractivity contribution in [2.24, 2.45) is 0 Å². The van der Waals surface area contributed by atoms with E-state index in [1.54, 1.807) is 21.1 Å². The number of ketones is 1. The van der Waals surface area contributed by atoms with Crippen LogP contribution in [-0.4, -0.2) is 61.6 Å². The van der Waals surface area contributed by atoms with Crippen LogP contribution in [-0.2, 0) is 9.47 Å². The summed E-state index contributed by atoms with van der Waals surface area (Å²) in [7, 11) is 3.23. The highest BCUT2D eigenvalue weighted by Gasteiger charge is 2.23. The normalized spacial score (nSPS) is 10.3. The number of rotatable bonds is 8. The smallest absolute Gasteiger partial charge is 0.358 e. The second kappa shape index (κ2) is 9.21. The number of hydrogen-bond acceptors (Lipinski definition) is 7. The predicted octanol–water partition coefficient (Wildman–Crippen LogP) is 2.02. The molecule has 8 nitrogen and oxygen atoms in total. The van der Waals surface area contributed by atoms with Gasteiger partial charge in [-0.05, 0) is 13.3 Å². The van der Waals surface area contributed by atoms with Gasteiger partial charge in [-0.2, -0.15) is 0 Å². The van der Waals surface area contributed by atoms with Gasteiger partial charge >= 0.3 is 12.0 Å².